The van der Waals surface area contributed by atoms with Crippen molar-refractivity contribution in [1.82, 2.24) is 10.9 Å². The van der Waals surface area contributed by atoms with Crippen LogP contribution in [0.15, 0.2) is 48.5 Å². The molecule has 0 aliphatic heterocycles. The van der Waals surface area contributed by atoms with Gasteiger partial charge in [-0.15, -0.1) is 0 Å². The number of hydrogen-bond acceptors (Lipinski definition) is 3. The maximum Gasteiger partial charge on any atom is 0.276 e. The van der Waals surface area contributed by atoms with Crippen LogP contribution >= 0.6 is 11.6 Å². The zero-order valence-corrected chi connectivity index (χ0v) is 13.4. The van der Waals surface area contributed by atoms with Crippen LogP contribution < -0.4 is 15.6 Å². The highest BCUT2D eigenvalue weighted by molar-refractivity contribution is 6.30. The number of halogens is 1. The van der Waals surface area contributed by atoms with Crippen molar-refractivity contribution in [3.63, 3.8) is 0 Å². The van der Waals surface area contributed by atoms with E-state index in [9.17, 15) is 9.59 Å². The topological polar surface area (TPSA) is 67.4 Å². The highest BCUT2D eigenvalue weighted by Crippen LogP contribution is 2.15. The number of carbonyl (C=O) groups is 2. The molecule has 2 rings (SSSR count). The van der Waals surface area contributed by atoms with Gasteiger partial charge in [-0.05, 0) is 48.4 Å². The molecule has 0 saturated carbocycles. The number of carbonyl (C=O) groups excluding carboxylic acids is 2. The molecule has 2 aromatic rings. The summed E-state index contributed by atoms with van der Waals surface area (Å²) >= 11 is 5.75. The van der Waals surface area contributed by atoms with Crippen molar-refractivity contribution in [2.45, 2.75) is 13.3 Å². The molecule has 6 heteroatoms. The Hall–Kier alpha value is -2.53. The van der Waals surface area contributed by atoms with E-state index in [1.165, 1.54) is 0 Å². The summed E-state index contributed by atoms with van der Waals surface area (Å²) in [6.45, 7) is 1.83. The fraction of sp³-hybridized carbons (Fsp3) is 0.176. The molecular formula is C17H17ClN2O3. The molecule has 2 N–H and O–H groups in total. The van der Waals surface area contributed by atoms with Crippen molar-refractivity contribution in [3.8, 4) is 5.75 Å². The molecule has 0 heterocycles. The summed E-state index contributed by atoms with van der Waals surface area (Å²) in [5, 5.41) is 0.586. The van der Waals surface area contributed by atoms with Crippen LogP contribution in [0, 0.1) is 0 Å². The van der Waals surface area contributed by atoms with E-state index in [-0.39, 0.29) is 12.5 Å². The van der Waals surface area contributed by atoms with Gasteiger partial charge in [0.25, 0.3) is 11.8 Å². The molecule has 0 fully saturated rings. The van der Waals surface area contributed by atoms with E-state index in [2.05, 4.69) is 10.9 Å². The molecule has 0 bridgehead atoms. The summed E-state index contributed by atoms with van der Waals surface area (Å²) in [5.41, 5.74) is 6.26. The van der Waals surface area contributed by atoms with E-state index in [1.54, 1.807) is 36.4 Å². The van der Waals surface area contributed by atoms with Crippen molar-refractivity contribution in [3.05, 3.63) is 64.7 Å². The van der Waals surface area contributed by atoms with E-state index in [0.29, 0.717) is 16.3 Å². The van der Waals surface area contributed by atoms with Crippen LogP contribution in [-0.2, 0) is 11.2 Å². The third-order valence-electron chi connectivity index (χ3n) is 3.12. The first-order valence-electron chi connectivity index (χ1n) is 7.15. The zero-order valence-electron chi connectivity index (χ0n) is 12.6. The Morgan fingerprint density at radius 1 is 1.00 bits per heavy atom. The van der Waals surface area contributed by atoms with Crippen molar-refractivity contribution >= 4 is 23.4 Å². The van der Waals surface area contributed by atoms with Crippen LogP contribution in [0.4, 0.5) is 0 Å². The molecule has 23 heavy (non-hydrogen) atoms. The van der Waals surface area contributed by atoms with E-state index in [4.69, 9.17) is 16.3 Å². The summed E-state index contributed by atoms with van der Waals surface area (Å²) in [4.78, 5) is 23.5. The average Bonchev–Trinajstić information content (AvgIpc) is 2.59. The number of hydrazine groups is 1. The van der Waals surface area contributed by atoms with Gasteiger partial charge in [-0.2, -0.15) is 0 Å². The van der Waals surface area contributed by atoms with Gasteiger partial charge in [-0.3, -0.25) is 20.4 Å². The molecule has 0 aliphatic rings. The molecular weight excluding hydrogens is 316 g/mol. The summed E-state index contributed by atoms with van der Waals surface area (Å²) in [6, 6.07) is 13.8. The highest BCUT2D eigenvalue weighted by atomic mass is 35.5. The van der Waals surface area contributed by atoms with Gasteiger partial charge < -0.3 is 4.74 Å². The van der Waals surface area contributed by atoms with Gasteiger partial charge in [0, 0.05) is 10.6 Å². The quantitative estimate of drug-likeness (QED) is 0.827. The maximum atomic E-state index is 11.9. The molecule has 0 spiro atoms. The van der Waals surface area contributed by atoms with Crippen molar-refractivity contribution in [1.29, 1.82) is 0 Å². The van der Waals surface area contributed by atoms with Gasteiger partial charge in [-0.1, -0.05) is 30.7 Å². The Balaban J connectivity index is 1.76. The molecule has 0 unspecified atom stereocenters. The average molecular weight is 333 g/mol. The van der Waals surface area contributed by atoms with Crippen molar-refractivity contribution < 1.29 is 14.3 Å². The third kappa shape index (κ3) is 5.30. The Bertz CT molecular complexity index is 669. The number of nitrogens with one attached hydrogen (secondary N) is 2. The largest absolute Gasteiger partial charge is 0.484 e. The van der Waals surface area contributed by atoms with Crippen LogP contribution in [0.3, 0.4) is 0 Å². The normalized spacial score (nSPS) is 10.0. The van der Waals surface area contributed by atoms with E-state index in [1.807, 2.05) is 19.1 Å². The van der Waals surface area contributed by atoms with Crippen LogP contribution in [0.5, 0.6) is 5.75 Å². The lowest BCUT2D eigenvalue weighted by molar-refractivity contribution is -0.123. The molecule has 0 atom stereocenters. The summed E-state index contributed by atoms with van der Waals surface area (Å²) in [7, 11) is 0. The van der Waals surface area contributed by atoms with E-state index < -0.39 is 5.91 Å². The monoisotopic (exact) mass is 332 g/mol. The minimum Gasteiger partial charge on any atom is -0.484 e. The number of amides is 2. The van der Waals surface area contributed by atoms with Gasteiger partial charge in [0.05, 0.1) is 0 Å². The van der Waals surface area contributed by atoms with Crippen LogP contribution in [0.1, 0.15) is 22.8 Å². The Labute approximate surface area is 139 Å². The lowest BCUT2D eigenvalue weighted by atomic mass is 10.1. The molecule has 5 nitrogen and oxygen atoms in total. The smallest absolute Gasteiger partial charge is 0.276 e. The predicted molar refractivity (Wildman–Crippen MR) is 88.4 cm³/mol. The minimum atomic E-state index is -0.460. The number of aryl methyl sites for hydroxylation is 1. The second-order valence-corrected chi connectivity index (χ2v) is 5.23. The van der Waals surface area contributed by atoms with Gasteiger partial charge in [-0.25, -0.2) is 0 Å². The lowest BCUT2D eigenvalue weighted by Gasteiger charge is -2.09. The number of ether oxygens (including phenoxy) is 1. The van der Waals surface area contributed by atoms with E-state index in [0.717, 1.165) is 12.0 Å². The Morgan fingerprint density at radius 2 is 1.65 bits per heavy atom. The molecule has 2 aromatic carbocycles. The first-order valence-corrected chi connectivity index (χ1v) is 7.52. The van der Waals surface area contributed by atoms with Crippen molar-refractivity contribution in [2.24, 2.45) is 0 Å². The fourth-order valence-corrected chi connectivity index (χ4v) is 1.93. The first kappa shape index (κ1) is 16.8. The molecule has 0 aliphatic carbocycles. The van der Waals surface area contributed by atoms with Crippen molar-refractivity contribution in [2.75, 3.05) is 6.61 Å². The van der Waals surface area contributed by atoms with Gasteiger partial charge >= 0.3 is 0 Å². The Kier molecular flexibility index (Phi) is 6.00. The van der Waals surface area contributed by atoms with Crippen LogP contribution in [0.25, 0.3) is 0 Å². The van der Waals surface area contributed by atoms with Gasteiger partial charge in [0.15, 0.2) is 6.61 Å². The standard InChI is InChI=1S/C17H17ClN2O3/c1-2-12-3-5-13(6-4-12)17(22)20-19-16(21)11-23-15-9-7-14(18)8-10-15/h3-10H,2,11H2,1H3,(H,19,21)(H,20,22). The molecule has 0 aromatic heterocycles. The van der Waals surface area contributed by atoms with Crippen LogP contribution in [-0.4, -0.2) is 18.4 Å². The molecule has 120 valence electrons. The van der Waals surface area contributed by atoms with Gasteiger partial charge in [0.1, 0.15) is 5.75 Å². The second-order valence-electron chi connectivity index (χ2n) is 4.80. The summed E-state index contributed by atoms with van der Waals surface area (Å²) < 4.78 is 5.27. The predicted octanol–water partition coefficient (Wildman–Crippen LogP) is 2.74. The highest BCUT2D eigenvalue weighted by Gasteiger charge is 2.08. The fourth-order valence-electron chi connectivity index (χ4n) is 1.81. The number of rotatable bonds is 5. The molecule has 0 saturated heterocycles. The SMILES string of the molecule is CCc1ccc(C(=O)NNC(=O)COc2ccc(Cl)cc2)cc1. The lowest BCUT2D eigenvalue weighted by Crippen LogP contribution is -2.43. The second kappa shape index (κ2) is 8.19. The third-order valence-corrected chi connectivity index (χ3v) is 3.38. The molecule has 2 amide bonds. The Morgan fingerprint density at radius 3 is 2.26 bits per heavy atom. The first-order chi connectivity index (χ1) is 11.1. The minimum absolute atomic E-state index is 0.212. The molecule has 0 radical (unpaired) electrons. The van der Waals surface area contributed by atoms with Crippen LogP contribution in [0.2, 0.25) is 5.02 Å². The van der Waals surface area contributed by atoms with Gasteiger partial charge in [0.2, 0.25) is 0 Å². The summed E-state index contributed by atoms with van der Waals surface area (Å²) in [6.07, 6.45) is 0.903. The maximum absolute atomic E-state index is 11.9. The number of benzene rings is 2. The number of hydrogen-bond donors (Lipinski definition) is 2. The summed E-state index contributed by atoms with van der Waals surface area (Å²) in [5.74, 6) is -0.322. The van der Waals surface area contributed by atoms with E-state index >= 15 is 0 Å². The zero-order chi connectivity index (χ0) is 16.7.